The highest BCUT2D eigenvalue weighted by Gasteiger charge is 2.44. The fraction of sp³-hybridized carbons (Fsp3) is 0.423. The number of hydrogen-bond donors (Lipinski definition) is 4. The summed E-state index contributed by atoms with van der Waals surface area (Å²) in [5.74, 6) is -1.50. The van der Waals surface area contributed by atoms with Crippen LogP contribution < -0.4 is 10.6 Å². The zero-order valence-corrected chi connectivity index (χ0v) is 20.4. The molecule has 0 radical (unpaired) electrons. The van der Waals surface area contributed by atoms with Gasteiger partial charge in [0, 0.05) is 6.42 Å². The van der Waals surface area contributed by atoms with Gasteiger partial charge in [-0.25, -0.2) is 4.79 Å². The van der Waals surface area contributed by atoms with E-state index in [2.05, 4.69) is 23.3 Å². The lowest BCUT2D eigenvalue weighted by molar-refractivity contribution is -0.146. The molecule has 1 saturated carbocycles. The van der Waals surface area contributed by atoms with Crippen molar-refractivity contribution in [1.29, 1.82) is 0 Å². The minimum atomic E-state index is -1.14. The fourth-order valence-corrected chi connectivity index (χ4v) is 4.31. The number of benzene rings is 2. The molecule has 3 rings (SSSR count). The first-order valence-corrected chi connectivity index (χ1v) is 12.0. The number of methoxy groups -OCH3 is 1. The molecule has 2 amide bonds. The third-order valence-electron chi connectivity index (χ3n) is 6.27. The lowest BCUT2D eigenvalue weighted by Crippen LogP contribution is -2.61. The SMILES string of the molecule is COC(=O)[C@H](Cc1ccc(-c2ccccc2)cc1)NC(=O)C1(NC(=O)[C@@H](S)[C@H](C)O)CCCC1. The minimum Gasteiger partial charge on any atom is -0.467 e. The fourth-order valence-electron chi connectivity index (χ4n) is 4.25. The average Bonchev–Trinajstić information content (AvgIpc) is 3.33. The molecule has 8 heteroatoms. The molecular formula is C26H32N2O5S. The molecule has 1 aliphatic carbocycles. The van der Waals surface area contributed by atoms with Crippen molar-refractivity contribution in [2.45, 2.75) is 62.0 Å². The third-order valence-corrected chi connectivity index (χ3v) is 6.94. The second-order valence-electron chi connectivity index (χ2n) is 8.78. The highest BCUT2D eigenvalue weighted by atomic mass is 32.1. The molecule has 0 heterocycles. The van der Waals surface area contributed by atoms with Crippen LogP contribution in [0.15, 0.2) is 54.6 Å². The molecule has 0 aliphatic heterocycles. The van der Waals surface area contributed by atoms with Gasteiger partial charge in [-0.05, 0) is 36.5 Å². The summed E-state index contributed by atoms with van der Waals surface area (Å²) in [4.78, 5) is 38.4. The van der Waals surface area contributed by atoms with Crippen molar-refractivity contribution in [3.8, 4) is 11.1 Å². The summed E-state index contributed by atoms with van der Waals surface area (Å²) in [6.07, 6.45) is 1.72. The van der Waals surface area contributed by atoms with Gasteiger partial charge in [-0.1, -0.05) is 67.4 Å². The van der Waals surface area contributed by atoms with E-state index in [-0.39, 0.29) is 6.42 Å². The lowest BCUT2D eigenvalue weighted by atomic mass is 9.94. The van der Waals surface area contributed by atoms with E-state index in [1.165, 1.54) is 14.0 Å². The van der Waals surface area contributed by atoms with Crippen LogP contribution in [0.2, 0.25) is 0 Å². The van der Waals surface area contributed by atoms with Crippen LogP contribution in [0.5, 0.6) is 0 Å². The predicted octanol–water partition coefficient (Wildman–Crippen LogP) is 2.66. The Morgan fingerprint density at radius 3 is 2.18 bits per heavy atom. The number of nitrogens with one attached hydrogen (secondary N) is 2. The molecule has 34 heavy (non-hydrogen) atoms. The van der Waals surface area contributed by atoms with Crippen molar-refractivity contribution in [2.75, 3.05) is 7.11 Å². The van der Waals surface area contributed by atoms with Crippen molar-refractivity contribution in [3.05, 3.63) is 60.2 Å². The molecule has 0 bridgehead atoms. The minimum absolute atomic E-state index is 0.250. The summed E-state index contributed by atoms with van der Waals surface area (Å²) in [5, 5.41) is 14.3. The van der Waals surface area contributed by atoms with Gasteiger partial charge in [0.1, 0.15) is 16.8 Å². The summed E-state index contributed by atoms with van der Waals surface area (Å²) in [6.45, 7) is 1.47. The molecule has 3 N–H and O–H groups in total. The van der Waals surface area contributed by atoms with E-state index in [0.717, 1.165) is 29.5 Å². The highest BCUT2D eigenvalue weighted by molar-refractivity contribution is 7.81. The smallest absolute Gasteiger partial charge is 0.328 e. The molecule has 2 aromatic rings. The van der Waals surface area contributed by atoms with E-state index < -0.39 is 40.7 Å². The van der Waals surface area contributed by atoms with Gasteiger partial charge in [0.2, 0.25) is 11.8 Å². The van der Waals surface area contributed by atoms with Crippen LogP contribution in [0.3, 0.4) is 0 Å². The summed E-state index contributed by atoms with van der Waals surface area (Å²) in [5.41, 5.74) is 1.86. The Kier molecular flexibility index (Phi) is 8.74. The van der Waals surface area contributed by atoms with Crippen molar-refractivity contribution in [3.63, 3.8) is 0 Å². The molecule has 0 saturated heterocycles. The molecule has 0 spiro atoms. The van der Waals surface area contributed by atoms with E-state index >= 15 is 0 Å². The maximum absolute atomic E-state index is 13.3. The Labute approximate surface area is 205 Å². The van der Waals surface area contributed by atoms with E-state index in [1.54, 1.807) is 0 Å². The van der Waals surface area contributed by atoms with Gasteiger partial charge in [0.15, 0.2) is 0 Å². The topological polar surface area (TPSA) is 105 Å². The van der Waals surface area contributed by atoms with E-state index in [1.807, 2.05) is 54.6 Å². The first kappa shape index (κ1) is 25.8. The van der Waals surface area contributed by atoms with Gasteiger partial charge in [0.05, 0.1) is 13.2 Å². The van der Waals surface area contributed by atoms with Crippen molar-refractivity contribution in [1.82, 2.24) is 10.6 Å². The Bertz CT molecular complexity index is 988. The summed E-state index contributed by atoms with van der Waals surface area (Å²) < 4.78 is 4.94. The van der Waals surface area contributed by atoms with Crippen LogP contribution in [-0.2, 0) is 25.5 Å². The second kappa shape index (κ2) is 11.5. The maximum atomic E-state index is 13.3. The van der Waals surface area contributed by atoms with Gasteiger partial charge < -0.3 is 20.5 Å². The van der Waals surface area contributed by atoms with Crippen LogP contribution in [0.4, 0.5) is 0 Å². The maximum Gasteiger partial charge on any atom is 0.328 e. The van der Waals surface area contributed by atoms with Crippen LogP contribution in [-0.4, -0.2) is 52.9 Å². The normalized spacial score (nSPS) is 17.3. The monoisotopic (exact) mass is 484 g/mol. The molecule has 0 aromatic heterocycles. The second-order valence-corrected chi connectivity index (χ2v) is 9.34. The average molecular weight is 485 g/mol. The van der Waals surface area contributed by atoms with Gasteiger partial charge in [-0.2, -0.15) is 12.6 Å². The third kappa shape index (κ3) is 6.18. The Balaban J connectivity index is 1.74. The van der Waals surface area contributed by atoms with Crippen LogP contribution >= 0.6 is 12.6 Å². The summed E-state index contributed by atoms with van der Waals surface area (Å²) in [6, 6.07) is 16.8. The van der Waals surface area contributed by atoms with Crippen molar-refractivity contribution < 1.29 is 24.2 Å². The number of carbonyl (C=O) groups is 3. The number of rotatable bonds is 9. The van der Waals surface area contributed by atoms with Gasteiger partial charge in [-0.3, -0.25) is 9.59 Å². The summed E-state index contributed by atoms with van der Waals surface area (Å²) in [7, 11) is 1.28. The molecular weight excluding hydrogens is 452 g/mol. The van der Waals surface area contributed by atoms with Gasteiger partial charge in [0.25, 0.3) is 0 Å². The zero-order valence-electron chi connectivity index (χ0n) is 19.5. The number of amides is 2. The quantitative estimate of drug-likeness (QED) is 0.324. The molecule has 1 fully saturated rings. The zero-order chi connectivity index (χ0) is 24.7. The van der Waals surface area contributed by atoms with Crippen LogP contribution in [0.25, 0.3) is 11.1 Å². The number of esters is 1. The number of thiol groups is 1. The largest absolute Gasteiger partial charge is 0.467 e. The van der Waals surface area contributed by atoms with Crippen molar-refractivity contribution in [2.24, 2.45) is 0 Å². The standard InChI is InChI=1S/C26H32N2O5S/c1-17(29)22(34)23(30)28-26(14-6-7-15-26)25(32)27-21(24(31)33-2)16-18-10-12-20(13-11-18)19-8-4-3-5-9-19/h3-5,8-13,17,21-22,29,34H,6-7,14-16H2,1-2H3,(H,27,32)(H,28,30)/t17-,21-,22-/m0/s1. The number of aliphatic hydroxyl groups is 1. The van der Waals surface area contributed by atoms with Crippen LogP contribution in [0.1, 0.15) is 38.2 Å². The first-order valence-electron chi connectivity index (χ1n) is 11.5. The number of carbonyl (C=O) groups excluding carboxylic acids is 3. The Morgan fingerprint density at radius 1 is 1.03 bits per heavy atom. The number of ether oxygens (including phenoxy) is 1. The van der Waals surface area contributed by atoms with Crippen molar-refractivity contribution >= 4 is 30.4 Å². The van der Waals surface area contributed by atoms with E-state index in [0.29, 0.717) is 12.8 Å². The Hall–Kier alpha value is -2.84. The molecule has 3 atom stereocenters. The van der Waals surface area contributed by atoms with E-state index in [9.17, 15) is 19.5 Å². The Morgan fingerprint density at radius 2 is 1.62 bits per heavy atom. The number of hydrogen-bond acceptors (Lipinski definition) is 6. The number of aliphatic hydroxyl groups excluding tert-OH is 1. The van der Waals surface area contributed by atoms with E-state index in [4.69, 9.17) is 4.74 Å². The molecule has 182 valence electrons. The molecule has 1 aliphatic rings. The van der Waals surface area contributed by atoms with Gasteiger partial charge in [-0.15, -0.1) is 0 Å². The highest BCUT2D eigenvalue weighted by Crippen LogP contribution is 2.31. The molecule has 7 nitrogen and oxygen atoms in total. The predicted molar refractivity (Wildman–Crippen MR) is 133 cm³/mol. The van der Waals surface area contributed by atoms with Gasteiger partial charge >= 0.3 is 5.97 Å². The first-order chi connectivity index (χ1) is 16.3. The lowest BCUT2D eigenvalue weighted by Gasteiger charge is -2.32. The van der Waals surface area contributed by atoms with Crippen LogP contribution in [0, 0.1) is 0 Å². The summed E-state index contributed by atoms with van der Waals surface area (Å²) >= 11 is 4.15. The molecule has 2 aromatic carbocycles. The molecule has 0 unspecified atom stereocenters.